The molecule has 0 spiro atoms. The summed E-state index contributed by atoms with van der Waals surface area (Å²) in [6, 6.07) is 1.68. The van der Waals surface area contributed by atoms with Crippen LogP contribution < -0.4 is 5.32 Å². The number of hydrogen-bond acceptors (Lipinski definition) is 3. The van der Waals surface area contributed by atoms with Gasteiger partial charge in [0.1, 0.15) is 6.61 Å². The van der Waals surface area contributed by atoms with Gasteiger partial charge in [-0.2, -0.15) is 0 Å². The van der Waals surface area contributed by atoms with Crippen molar-refractivity contribution in [1.82, 2.24) is 10.3 Å². The average Bonchev–Trinajstić information content (AvgIpc) is 3.04. The molecule has 4 nitrogen and oxygen atoms in total. The van der Waals surface area contributed by atoms with Crippen molar-refractivity contribution in [3.8, 4) is 11.8 Å². The Balaban J connectivity index is 2.12. The van der Waals surface area contributed by atoms with Crippen LogP contribution in [0.5, 0.6) is 0 Å². The number of aliphatic hydroxyl groups is 1. The molecule has 1 aromatic rings. The molecule has 0 aromatic carbocycles. The van der Waals surface area contributed by atoms with Crippen LogP contribution in [0.25, 0.3) is 0 Å². The van der Waals surface area contributed by atoms with Gasteiger partial charge >= 0.3 is 0 Å². The first-order chi connectivity index (χ1) is 8.13. The molecule has 1 aromatic heterocycles. The molecule has 0 aliphatic heterocycles. The molecular formula is C13H14N2O2. The summed E-state index contributed by atoms with van der Waals surface area (Å²) in [6.45, 7) is 1.82. The van der Waals surface area contributed by atoms with Crippen molar-refractivity contribution in [3.05, 3.63) is 29.6 Å². The fourth-order valence-corrected chi connectivity index (χ4v) is 1.43. The van der Waals surface area contributed by atoms with Crippen LogP contribution in [0, 0.1) is 11.8 Å². The zero-order valence-electron chi connectivity index (χ0n) is 9.66. The SMILES string of the molecule is CC1(NC(=O)c2cncc(C#CCO)c2)CC1. The number of nitrogens with zero attached hydrogens (tertiary/aromatic N) is 1. The monoisotopic (exact) mass is 230 g/mol. The van der Waals surface area contributed by atoms with Crippen molar-refractivity contribution >= 4 is 5.91 Å². The Hall–Kier alpha value is -1.86. The molecule has 0 bridgehead atoms. The molecule has 1 heterocycles. The van der Waals surface area contributed by atoms with E-state index in [0.29, 0.717) is 11.1 Å². The molecule has 0 unspecified atom stereocenters. The lowest BCUT2D eigenvalue weighted by atomic mass is 10.2. The Bertz CT molecular complexity index is 496. The van der Waals surface area contributed by atoms with Gasteiger partial charge in [0.15, 0.2) is 0 Å². The maximum Gasteiger partial charge on any atom is 0.253 e. The van der Waals surface area contributed by atoms with Crippen LogP contribution in [0.2, 0.25) is 0 Å². The van der Waals surface area contributed by atoms with Crippen LogP contribution in [0.3, 0.4) is 0 Å². The highest BCUT2D eigenvalue weighted by molar-refractivity contribution is 5.94. The molecule has 1 amide bonds. The Morgan fingerprint density at radius 1 is 1.59 bits per heavy atom. The lowest BCUT2D eigenvalue weighted by molar-refractivity contribution is 0.0935. The fourth-order valence-electron chi connectivity index (χ4n) is 1.43. The lowest BCUT2D eigenvalue weighted by Gasteiger charge is -2.10. The molecule has 1 aliphatic rings. The van der Waals surface area contributed by atoms with Crippen LogP contribution in [-0.2, 0) is 0 Å². The zero-order valence-corrected chi connectivity index (χ0v) is 9.66. The Morgan fingerprint density at radius 3 is 3.00 bits per heavy atom. The highest BCUT2D eigenvalue weighted by atomic mass is 16.2. The van der Waals surface area contributed by atoms with Crippen molar-refractivity contribution in [2.45, 2.75) is 25.3 Å². The standard InChI is InChI=1S/C13H14N2O2/c1-13(4-5-13)15-12(17)11-7-10(3-2-6-16)8-14-9-11/h7-9,16H,4-6H2,1H3,(H,15,17). The third-order valence-electron chi connectivity index (χ3n) is 2.73. The molecule has 0 saturated heterocycles. The van der Waals surface area contributed by atoms with Gasteiger partial charge in [-0.25, -0.2) is 0 Å². The number of nitrogens with one attached hydrogen (secondary N) is 1. The quantitative estimate of drug-likeness (QED) is 0.735. The number of hydrogen-bond donors (Lipinski definition) is 2. The van der Waals surface area contributed by atoms with E-state index in [9.17, 15) is 4.79 Å². The number of aliphatic hydroxyl groups excluding tert-OH is 1. The second kappa shape index (κ2) is 4.56. The topological polar surface area (TPSA) is 62.2 Å². The molecule has 1 fully saturated rings. The molecular weight excluding hydrogens is 216 g/mol. The summed E-state index contributed by atoms with van der Waals surface area (Å²) in [5.74, 6) is 5.13. The van der Waals surface area contributed by atoms with Gasteiger partial charge in [-0.1, -0.05) is 11.8 Å². The normalized spacial score (nSPS) is 15.6. The van der Waals surface area contributed by atoms with Crippen LogP contribution in [0.15, 0.2) is 18.5 Å². The summed E-state index contributed by atoms with van der Waals surface area (Å²) in [5.41, 5.74) is 1.10. The Labute approximate surface area is 100 Å². The molecule has 17 heavy (non-hydrogen) atoms. The smallest absolute Gasteiger partial charge is 0.253 e. The molecule has 88 valence electrons. The first-order valence-corrected chi connectivity index (χ1v) is 5.50. The first-order valence-electron chi connectivity index (χ1n) is 5.50. The molecule has 1 aliphatic carbocycles. The zero-order chi connectivity index (χ0) is 12.3. The first kappa shape index (κ1) is 11.6. The highest BCUT2D eigenvalue weighted by Gasteiger charge is 2.38. The molecule has 2 rings (SSSR count). The number of carbonyl (C=O) groups is 1. The molecule has 1 saturated carbocycles. The van der Waals surface area contributed by atoms with Gasteiger partial charge in [0.05, 0.1) is 5.56 Å². The van der Waals surface area contributed by atoms with E-state index in [1.807, 2.05) is 6.92 Å². The maximum atomic E-state index is 11.9. The Morgan fingerprint density at radius 2 is 2.35 bits per heavy atom. The molecule has 4 heteroatoms. The fraction of sp³-hybridized carbons (Fsp3) is 0.385. The predicted molar refractivity (Wildman–Crippen MR) is 63.3 cm³/mol. The third kappa shape index (κ3) is 3.05. The predicted octanol–water partition coefficient (Wildman–Crippen LogP) is 0.708. The largest absolute Gasteiger partial charge is 0.384 e. The summed E-state index contributed by atoms with van der Waals surface area (Å²) in [5, 5.41) is 11.5. The minimum Gasteiger partial charge on any atom is -0.384 e. The Kier molecular flexibility index (Phi) is 3.12. The minimum absolute atomic E-state index is 0.0378. The molecule has 0 atom stereocenters. The lowest BCUT2D eigenvalue weighted by Crippen LogP contribution is -2.34. The van der Waals surface area contributed by atoms with Gasteiger partial charge in [0.2, 0.25) is 0 Å². The van der Waals surface area contributed by atoms with Crippen molar-refractivity contribution < 1.29 is 9.90 Å². The van der Waals surface area contributed by atoms with E-state index < -0.39 is 0 Å². The number of rotatable bonds is 2. The van der Waals surface area contributed by atoms with E-state index in [1.54, 1.807) is 12.3 Å². The second-order valence-corrected chi connectivity index (χ2v) is 4.44. The number of amides is 1. The van der Waals surface area contributed by atoms with Gasteiger partial charge in [-0.3, -0.25) is 9.78 Å². The summed E-state index contributed by atoms with van der Waals surface area (Å²) < 4.78 is 0. The summed E-state index contributed by atoms with van der Waals surface area (Å²) >= 11 is 0. The van der Waals surface area contributed by atoms with Crippen LogP contribution >= 0.6 is 0 Å². The van der Waals surface area contributed by atoms with Crippen LogP contribution in [0.4, 0.5) is 0 Å². The van der Waals surface area contributed by atoms with E-state index in [0.717, 1.165) is 12.8 Å². The summed E-state index contributed by atoms with van der Waals surface area (Å²) in [7, 11) is 0. The molecule has 2 N–H and O–H groups in total. The number of aromatic nitrogens is 1. The summed E-state index contributed by atoms with van der Waals surface area (Å²) in [4.78, 5) is 15.8. The van der Waals surface area contributed by atoms with Crippen molar-refractivity contribution in [1.29, 1.82) is 0 Å². The van der Waals surface area contributed by atoms with Crippen molar-refractivity contribution in [2.75, 3.05) is 6.61 Å². The van der Waals surface area contributed by atoms with Gasteiger partial charge in [-0.05, 0) is 25.8 Å². The van der Waals surface area contributed by atoms with Gasteiger partial charge in [0, 0.05) is 23.5 Å². The third-order valence-corrected chi connectivity index (χ3v) is 2.73. The number of carbonyl (C=O) groups excluding carboxylic acids is 1. The number of pyridine rings is 1. The van der Waals surface area contributed by atoms with Crippen LogP contribution in [-0.4, -0.2) is 28.1 Å². The van der Waals surface area contributed by atoms with E-state index in [-0.39, 0.29) is 18.1 Å². The van der Waals surface area contributed by atoms with Gasteiger partial charge < -0.3 is 10.4 Å². The van der Waals surface area contributed by atoms with Crippen molar-refractivity contribution in [3.63, 3.8) is 0 Å². The van der Waals surface area contributed by atoms with E-state index in [4.69, 9.17) is 5.11 Å². The van der Waals surface area contributed by atoms with E-state index >= 15 is 0 Å². The minimum atomic E-state index is -0.200. The molecule has 0 radical (unpaired) electrons. The van der Waals surface area contributed by atoms with Crippen molar-refractivity contribution in [2.24, 2.45) is 0 Å². The van der Waals surface area contributed by atoms with Gasteiger partial charge in [-0.15, -0.1) is 0 Å². The average molecular weight is 230 g/mol. The van der Waals surface area contributed by atoms with Crippen LogP contribution in [0.1, 0.15) is 35.7 Å². The maximum absolute atomic E-state index is 11.9. The summed E-state index contributed by atoms with van der Waals surface area (Å²) in [6.07, 6.45) is 5.13. The van der Waals surface area contributed by atoms with Gasteiger partial charge in [0.25, 0.3) is 5.91 Å². The second-order valence-electron chi connectivity index (χ2n) is 4.44. The highest BCUT2D eigenvalue weighted by Crippen LogP contribution is 2.34. The van der Waals surface area contributed by atoms with E-state index in [1.165, 1.54) is 6.20 Å². The van der Waals surface area contributed by atoms with E-state index in [2.05, 4.69) is 22.1 Å².